The SMILES string of the molecule is O=C(CSc1nnc(NCc2ccco2)s1)NCC1(N2CCOCC2)CCCCC1. The van der Waals surface area contributed by atoms with E-state index in [9.17, 15) is 4.79 Å². The molecule has 0 atom stereocenters. The Balaban J connectivity index is 1.23. The molecular weight excluding hydrogens is 422 g/mol. The second-order valence-electron chi connectivity index (χ2n) is 7.76. The van der Waals surface area contributed by atoms with Crippen molar-refractivity contribution < 1.29 is 13.9 Å². The van der Waals surface area contributed by atoms with E-state index in [1.807, 2.05) is 12.1 Å². The number of carbonyl (C=O) groups excluding carboxylic acids is 1. The number of rotatable bonds is 9. The molecule has 0 aromatic carbocycles. The Labute approximate surface area is 185 Å². The predicted molar refractivity (Wildman–Crippen MR) is 118 cm³/mol. The van der Waals surface area contributed by atoms with Crippen LogP contribution in [0.4, 0.5) is 5.13 Å². The van der Waals surface area contributed by atoms with Crippen LogP contribution in [0.3, 0.4) is 0 Å². The van der Waals surface area contributed by atoms with E-state index in [4.69, 9.17) is 9.15 Å². The molecule has 2 fully saturated rings. The number of morpholine rings is 1. The van der Waals surface area contributed by atoms with Crippen molar-refractivity contribution >= 4 is 34.1 Å². The summed E-state index contributed by atoms with van der Waals surface area (Å²) in [5.41, 5.74) is 0.0913. The second-order valence-corrected chi connectivity index (χ2v) is 9.96. The van der Waals surface area contributed by atoms with E-state index in [0.717, 1.165) is 60.9 Å². The lowest BCUT2D eigenvalue weighted by Crippen LogP contribution is -2.59. The van der Waals surface area contributed by atoms with Crippen LogP contribution in [0, 0.1) is 0 Å². The van der Waals surface area contributed by atoms with Crippen molar-refractivity contribution in [2.24, 2.45) is 0 Å². The zero-order valence-corrected chi connectivity index (χ0v) is 18.7. The van der Waals surface area contributed by atoms with Crippen LogP contribution >= 0.6 is 23.1 Å². The first kappa shape index (κ1) is 21.6. The quantitative estimate of drug-likeness (QED) is 0.562. The molecule has 30 heavy (non-hydrogen) atoms. The third kappa shape index (κ3) is 5.75. The molecule has 1 saturated heterocycles. The highest BCUT2D eigenvalue weighted by molar-refractivity contribution is 8.01. The van der Waals surface area contributed by atoms with Crippen LogP contribution in [-0.2, 0) is 16.1 Å². The van der Waals surface area contributed by atoms with E-state index in [1.165, 1.54) is 42.4 Å². The molecule has 1 aliphatic heterocycles. The number of carbonyl (C=O) groups is 1. The van der Waals surface area contributed by atoms with E-state index >= 15 is 0 Å². The minimum absolute atomic E-state index is 0.0542. The van der Waals surface area contributed by atoms with Crippen LogP contribution in [0.2, 0.25) is 0 Å². The Hall–Kier alpha value is -1.62. The normalized spacial score (nSPS) is 19.5. The highest BCUT2D eigenvalue weighted by atomic mass is 32.2. The summed E-state index contributed by atoms with van der Waals surface area (Å²) in [5, 5.41) is 15.4. The molecule has 164 valence electrons. The average molecular weight is 452 g/mol. The number of amides is 1. The summed E-state index contributed by atoms with van der Waals surface area (Å²) in [6.45, 7) is 4.79. The Morgan fingerprint density at radius 3 is 2.83 bits per heavy atom. The highest BCUT2D eigenvalue weighted by Crippen LogP contribution is 2.34. The van der Waals surface area contributed by atoms with Crippen molar-refractivity contribution in [3.63, 3.8) is 0 Å². The number of nitrogens with zero attached hydrogens (tertiary/aromatic N) is 3. The molecule has 2 N–H and O–H groups in total. The summed E-state index contributed by atoms with van der Waals surface area (Å²) < 4.78 is 11.6. The monoisotopic (exact) mass is 451 g/mol. The fraction of sp³-hybridized carbons (Fsp3) is 0.650. The zero-order valence-electron chi connectivity index (χ0n) is 17.1. The summed E-state index contributed by atoms with van der Waals surface area (Å²) in [7, 11) is 0. The molecule has 1 aliphatic carbocycles. The van der Waals surface area contributed by atoms with Gasteiger partial charge < -0.3 is 19.8 Å². The average Bonchev–Trinajstić information content (AvgIpc) is 3.48. The maximum absolute atomic E-state index is 12.5. The van der Waals surface area contributed by atoms with Crippen molar-refractivity contribution in [1.82, 2.24) is 20.4 Å². The molecule has 8 nitrogen and oxygen atoms in total. The molecule has 0 radical (unpaired) electrons. The number of thioether (sulfide) groups is 1. The van der Waals surface area contributed by atoms with Gasteiger partial charge in [0.05, 0.1) is 31.8 Å². The number of furan rings is 1. The molecule has 4 rings (SSSR count). The van der Waals surface area contributed by atoms with Crippen molar-refractivity contribution in [2.45, 2.75) is 48.5 Å². The molecule has 0 unspecified atom stereocenters. The zero-order chi connectivity index (χ0) is 20.7. The van der Waals surface area contributed by atoms with E-state index in [-0.39, 0.29) is 11.4 Å². The van der Waals surface area contributed by atoms with Crippen LogP contribution in [0.15, 0.2) is 27.2 Å². The van der Waals surface area contributed by atoms with E-state index in [2.05, 4.69) is 25.7 Å². The number of hydrogen-bond donors (Lipinski definition) is 2. The number of nitrogens with one attached hydrogen (secondary N) is 2. The third-order valence-electron chi connectivity index (χ3n) is 5.81. The Bertz CT molecular complexity index is 786. The summed E-state index contributed by atoms with van der Waals surface area (Å²) in [6, 6.07) is 3.76. The second kappa shape index (κ2) is 10.6. The lowest BCUT2D eigenvalue weighted by atomic mass is 9.79. The minimum atomic E-state index is 0.0542. The van der Waals surface area contributed by atoms with E-state index in [0.29, 0.717) is 12.3 Å². The number of hydrogen-bond acceptors (Lipinski definition) is 9. The van der Waals surface area contributed by atoms with Crippen LogP contribution in [0.5, 0.6) is 0 Å². The molecule has 1 amide bonds. The van der Waals surface area contributed by atoms with Crippen LogP contribution in [0.25, 0.3) is 0 Å². The molecule has 1 saturated carbocycles. The Kier molecular flexibility index (Phi) is 7.64. The van der Waals surface area contributed by atoms with Gasteiger partial charge in [0, 0.05) is 25.2 Å². The van der Waals surface area contributed by atoms with Gasteiger partial charge in [-0.25, -0.2) is 0 Å². The largest absolute Gasteiger partial charge is 0.467 e. The molecule has 2 aromatic heterocycles. The van der Waals surface area contributed by atoms with Crippen molar-refractivity contribution in [3.8, 4) is 0 Å². The van der Waals surface area contributed by atoms with Crippen LogP contribution < -0.4 is 10.6 Å². The summed E-state index contributed by atoms with van der Waals surface area (Å²) >= 11 is 2.88. The molecule has 0 bridgehead atoms. The highest BCUT2D eigenvalue weighted by Gasteiger charge is 2.38. The first-order valence-corrected chi connectivity index (χ1v) is 12.4. The summed E-state index contributed by atoms with van der Waals surface area (Å²) in [4.78, 5) is 15.1. The number of ether oxygens (including phenoxy) is 1. The number of anilines is 1. The van der Waals surface area contributed by atoms with Gasteiger partial charge in [-0.1, -0.05) is 42.4 Å². The van der Waals surface area contributed by atoms with Gasteiger partial charge in [0.15, 0.2) is 4.34 Å². The van der Waals surface area contributed by atoms with Crippen molar-refractivity contribution in [3.05, 3.63) is 24.2 Å². The van der Waals surface area contributed by atoms with Crippen molar-refractivity contribution in [1.29, 1.82) is 0 Å². The van der Waals surface area contributed by atoms with Crippen LogP contribution in [0.1, 0.15) is 37.9 Å². The van der Waals surface area contributed by atoms with Crippen molar-refractivity contribution in [2.75, 3.05) is 43.9 Å². The fourth-order valence-electron chi connectivity index (χ4n) is 4.21. The van der Waals surface area contributed by atoms with Gasteiger partial charge in [0.25, 0.3) is 0 Å². The first-order valence-electron chi connectivity index (χ1n) is 10.6. The molecule has 0 spiro atoms. The predicted octanol–water partition coefficient (Wildman–Crippen LogP) is 2.99. The van der Waals surface area contributed by atoms with Gasteiger partial charge >= 0.3 is 0 Å². The minimum Gasteiger partial charge on any atom is -0.467 e. The fourth-order valence-corrected chi connectivity index (χ4v) is 5.79. The lowest BCUT2D eigenvalue weighted by Gasteiger charge is -2.48. The molecule has 2 aromatic rings. The first-order chi connectivity index (χ1) is 14.7. The molecular formula is C20H29N5O3S2. The molecule has 10 heteroatoms. The van der Waals surface area contributed by atoms with Gasteiger partial charge in [-0.3, -0.25) is 9.69 Å². The van der Waals surface area contributed by atoms with Crippen LogP contribution in [-0.4, -0.2) is 65.1 Å². The summed E-state index contributed by atoms with van der Waals surface area (Å²) in [6.07, 6.45) is 7.72. The molecule has 3 heterocycles. The Morgan fingerprint density at radius 2 is 2.07 bits per heavy atom. The van der Waals surface area contributed by atoms with E-state index in [1.54, 1.807) is 6.26 Å². The maximum atomic E-state index is 12.5. The van der Waals surface area contributed by atoms with E-state index < -0.39 is 0 Å². The topological polar surface area (TPSA) is 92.5 Å². The van der Waals surface area contributed by atoms with Gasteiger partial charge in [-0.2, -0.15) is 0 Å². The van der Waals surface area contributed by atoms with Gasteiger partial charge in [0.1, 0.15) is 5.76 Å². The standard InChI is InChI=1S/C20H29N5O3S2/c26-17(14-29-19-24-23-18(30-19)21-13-16-5-4-10-28-16)22-15-20(6-2-1-3-7-20)25-8-11-27-12-9-25/h4-5,10H,1-3,6-9,11-15H2,(H,21,23)(H,22,26). The third-order valence-corrected chi connectivity index (χ3v) is 7.82. The maximum Gasteiger partial charge on any atom is 0.230 e. The van der Waals surface area contributed by atoms with Gasteiger partial charge in [-0.15, -0.1) is 10.2 Å². The van der Waals surface area contributed by atoms with Gasteiger partial charge in [0.2, 0.25) is 11.0 Å². The summed E-state index contributed by atoms with van der Waals surface area (Å²) in [5.74, 6) is 1.25. The van der Waals surface area contributed by atoms with Gasteiger partial charge in [-0.05, 0) is 25.0 Å². The smallest absolute Gasteiger partial charge is 0.230 e. The lowest BCUT2D eigenvalue weighted by molar-refractivity contribution is -0.119. The number of aromatic nitrogens is 2. The Morgan fingerprint density at radius 1 is 1.23 bits per heavy atom. The molecule has 2 aliphatic rings.